The monoisotopic (exact) mass is 384 g/mol. The molecule has 26 heavy (non-hydrogen) atoms. The lowest BCUT2D eigenvalue weighted by Gasteiger charge is -2.23. The van der Waals surface area contributed by atoms with Gasteiger partial charge < -0.3 is 24.8 Å². The molecule has 146 valence electrons. The van der Waals surface area contributed by atoms with E-state index in [2.05, 4.69) is 22.8 Å². The molecule has 1 amide bonds. The Balaban J connectivity index is 0.00000243. The van der Waals surface area contributed by atoms with Crippen LogP contribution in [0, 0.1) is 0 Å². The SMILES string of the molecule is Cl.O=C(CC1COCCN1)NCc1cccc(COC2CCOCC2)c1. The molecule has 0 aromatic heterocycles. The number of hydrogen-bond donors (Lipinski definition) is 2. The molecule has 6 nitrogen and oxygen atoms in total. The van der Waals surface area contributed by atoms with Crippen LogP contribution in [-0.4, -0.2) is 51.0 Å². The number of rotatable bonds is 7. The molecule has 2 aliphatic heterocycles. The number of hydrogen-bond acceptors (Lipinski definition) is 5. The minimum absolute atomic E-state index is 0. The second-order valence-electron chi connectivity index (χ2n) is 6.65. The zero-order valence-electron chi connectivity index (χ0n) is 15.1. The van der Waals surface area contributed by atoms with Crippen LogP contribution in [0.4, 0.5) is 0 Å². The van der Waals surface area contributed by atoms with Crippen LogP contribution in [0.1, 0.15) is 30.4 Å². The highest BCUT2D eigenvalue weighted by Crippen LogP contribution is 2.14. The Hall–Kier alpha value is -1.18. The van der Waals surface area contributed by atoms with Crippen LogP contribution in [0.5, 0.6) is 0 Å². The molecule has 0 spiro atoms. The Bertz CT molecular complexity index is 546. The van der Waals surface area contributed by atoms with Gasteiger partial charge in [-0.15, -0.1) is 12.4 Å². The van der Waals surface area contributed by atoms with Crippen LogP contribution in [0.15, 0.2) is 24.3 Å². The Kier molecular flexibility index (Phi) is 9.36. The lowest BCUT2D eigenvalue weighted by Crippen LogP contribution is -2.44. The minimum atomic E-state index is 0. The van der Waals surface area contributed by atoms with Crippen LogP contribution >= 0.6 is 12.4 Å². The van der Waals surface area contributed by atoms with Crippen LogP contribution < -0.4 is 10.6 Å². The zero-order chi connectivity index (χ0) is 17.3. The average molecular weight is 385 g/mol. The third-order valence-electron chi connectivity index (χ3n) is 4.57. The van der Waals surface area contributed by atoms with Crippen LogP contribution in [-0.2, 0) is 32.2 Å². The molecule has 0 bridgehead atoms. The van der Waals surface area contributed by atoms with E-state index in [0.717, 1.165) is 50.3 Å². The highest BCUT2D eigenvalue weighted by molar-refractivity contribution is 5.85. The molecule has 2 saturated heterocycles. The van der Waals surface area contributed by atoms with Gasteiger partial charge in [-0.1, -0.05) is 24.3 Å². The number of benzene rings is 1. The topological polar surface area (TPSA) is 68.8 Å². The number of amides is 1. The second kappa shape index (κ2) is 11.5. The van der Waals surface area contributed by atoms with Crippen molar-refractivity contribution < 1.29 is 19.0 Å². The first-order chi connectivity index (χ1) is 12.3. The van der Waals surface area contributed by atoms with E-state index < -0.39 is 0 Å². The summed E-state index contributed by atoms with van der Waals surface area (Å²) in [6.07, 6.45) is 2.68. The van der Waals surface area contributed by atoms with Crippen molar-refractivity contribution in [3.63, 3.8) is 0 Å². The first kappa shape index (κ1) is 21.1. The summed E-state index contributed by atoms with van der Waals surface area (Å²) < 4.78 is 16.7. The molecule has 1 unspecified atom stereocenters. The molecular weight excluding hydrogens is 356 g/mol. The molecule has 1 aromatic rings. The van der Waals surface area contributed by atoms with Gasteiger partial charge in [0.05, 0.1) is 25.9 Å². The van der Waals surface area contributed by atoms with Gasteiger partial charge in [-0.05, 0) is 24.0 Å². The molecule has 3 rings (SSSR count). The van der Waals surface area contributed by atoms with Gasteiger partial charge in [0.15, 0.2) is 0 Å². The maximum Gasteiger partial charge on any atom is 0.221 e. The van der Waals surface area contributed by atoms with Crippen molar-refractivity contribution in [3.05, 3.63) is 35.4 Å². The number of carbonyl (C=O) groups is 1. The molecule has 7 heteroatoms. The Morgan fingerprint density at radius 1 is 1.19 bits per heavy atom. The van der Waals surface area contributed by atoms with Crippen molar-refractivity contribution in [2.45, 2.75) is 44.6 Å². The van der Waals surface area contributed by atoms with Crippen molar-refractivity contribution in [2.75, 3.05) is 33.0 Å². The lowest BCUT2D eigenvalue weighted by atomic mass is 10.1. The predicted molar refractivity (Wildman–Crippen MR) is 101 cm³/mol. The molecule has 2 aliphatic rings. The predicted octanol–water partition coefficient (Wildman–Crippen LogP) is 1.80. The molecule has 1 atom stereocenters. The zero-order valence-corrected chi connectivity index (χ0v) is 15.9. The van der Waals surface area contributed by atoms with E-state index in [1.165, 1.54) is 0 Å². The fourth-order valence-corrected chi connectivity index (χ4v) is 3.13. The third kappa shape index (κ3) is 7.21. The Labute approximate surface area is 161 Å². The number of carbonyl (C=O) groups excluding carboxylic acids is 1. The summed E-state index contributed by atoms with van der Waals surface area (Å²) in [6.45, 7) is 4.86. The smallest absolute Gasteiger partial charge is 0.221 e. The summed E-state index contributed by atoms with van der Waals surface area (Å²) >= 11 is 0. The Morgan fingerprint density at radius 2 is 2.00 bits per heavy atom. The largest absolute Gasteiger partial charge is 0.381 e. The fourth-order valence-electron chi connectivity index (χ4n) is 3.13. The van der Waals surface area contributed by atoms with Gasteiger partial charge >= 0.3 is 0 Å². The van der Waals surface area contributed by atoms with Gasteiger partial charge in [-0.25, -0.2) is 0 Å². The van der Waals surface area contributed by atoms with Crippen LogP contribution in [0.2, 0.25) is 0 Å². The van der Waals surface area contributed by atoms with E-state index in [4.69, 9.17) is 14.2 Å². The van der Waals surface area contributed by atoms with E-state index in [0.29, 0.717) is 32.3 Å². The number of morpholine rings is 1. The van der Waals surface area contributed by atoms with Gasteiger partial charge in [0.2, 0.25) is 5.91 Å². The number of ether oxygens (including phenoxy) is 3. The van der Waals surface area contributed by atoms with Crippen molar-refractivity contribution in [1.29, 1.82) is 0 Å². The maximum atomic E-state index is 12.1. The van der Waals surface area contributed by atoms with Crippen molar-refractivity contribution in [2.24, 2.45) is 0 Å². The summed E-state index contributed by atoms with van der Waals surface area (Å²) in [7, 11) is 0. The Morgan fingerprint density at radius 3 is 2.77 bits per heavy atom. The summed E-state index contributed by atoms with van der Waals surface area (Å²) in [4.78, 5) is 12.1. The van der Waals surface area contributed by atoms with E-state index >= 15 is 0 Å². The van der Waals surface area contributed by atoms with E-state index in [9.17, 15) is 4.79 Å². The summed E-state index contributed by atoms with van der Waals surface area (Å²) in [6, 6.07) is 8.32. The summed E-state index contributed by atoms with van der Waals surface area (Å²) in [5, 5.41) is 6.28. The van der Waals surface area contributed by atoms with E-state index in [1.807, 2.05) is 12.1 Å². The highest BCUT2D eigenvalue weighted by atomic mass is 35.5. The average Bonchev–Trinajstić information content (AvgIpc) is 2.67. The molecule has 0 radical (unpaired) electrons. The molecule has 2 N–H and O–H groups in total. The van der Waals surface area contributed by atoms with Crippen LogP contribution in [0.3, 0.4) is 0 Å². The van der Waals surface area contributed by atoms with Crippen LogP contribution in [0.25, 0.3) is 0 Å². The molecule has 0 aliphatic carbocycles. The quantitative estimate of drug-likeness (QED) is 0.750. The molecule has 1 aromatic carbocycles. The first-order valence-electron chi connectivity index (χ1n) is 9.14. The van der Waals surface area contributed by atoms with Gasteiger partial charge in [0, 0.05) is 38.8 Å². The third-order valence-corrected chi connectivity index (χ3v) is 4.57. The second-order valence-corrected chi connectivity index (χ2v) is 6.65. The molecular formula is C19H29ClN2O4. The van der Waals surface area contributed by atoms with Gasteiger partial charge in [0.25, 0.3) is 0 Å². The molecule has 0 saturated carbocycles. The highest BCUT2D eigenvalue weighted by Gasteiger charge is 2.17. The number of nitrogens with one attached hydrogen (secondary N) is 2. The lowest BCUT2D eigenvalue weighted by molar-refractivity contribution is -0.122. The fraction of sp³-hybridized carbons (Fsp3) is 0.632. The van der Waals surface area contributed by atoms with Gasteiger partial charge in [0.1, 0.15) is 0 Å². The summed E-state index contributed by atoms with van der Waals surface area (Å²) in [5.41, 5.74) is 2.23. The van der Waals surface area contributed by atoms with E-state index in [1.54, 1.807) is 0 Å². The molecule has 2 fully saturated rings. The first-order valence-corrected chi connectivity index (χ1v) is 9.14. The summed E-state index contributed by atoms with van der Waals surface area (Å²) in [5.74, 6) is 0.0480. The van der Waals surface area contributed by atoms with Crippen molar-refractivity contribution in [3.8, 4) is 0 Å². The van der Waals surface area contributed by atoms with Crippen molar-refractivity contribution >= 4 is 18.3 Å². The maximum absolute atomic E-state index is 12.1. The standard InChI is InChI=1S/C19H28N2O4.ClH/c22-19(11-17-14-24-9-6-20-17)21-12-15-2-1-3-16(10-15)13-25-18-4-7-23-8-5-18;/h1-3,10,17-18,20H,4-9,11-14H2,(H,21,22);1H. The minimum Gasteiger partial charge on any atom is -0.381 e. The van der Waals surface area contributed by atoms with Gasteiger partial charge in [-0.2, -0.15) is 0 Å². The normalized spacial score (nSPS) is 21.0. The number of halogens is 1. The van der Waals surface area contributed by atoms with Gasteiger partial charge in [-0.3, -0.25) is 4.79 Å². The van der Waals surface area contributed by atoms with Crippen molar-refractivity contribution in [1.82, 2.24) is 10.6 Å². The molecule has 2 heterocycles. The van der Waals surface area contributed by atoms with E-state index in [-0.39, 0.29) is 24.4 Å².